The first kappa shape index (κ1) is 21.5. The molecule has 33 heavy (non-hydrogen) atoms. The summed E-state index contributed by atoms with van der Waals surface area (Å²) in [4.78, 5) is 37.7. The number of fused-ring (bicyclic) bond motifs is 4. The van der Waals surface area contributed by atoms with E-state index >= 15 is 0 Å². The number of aliphatic hydroxyl groups excluding tert-OH is 1. The molecule has 172 valence electrons. The first-order valence-electron chi connectivity index (χ1n) is 11.2. The van der Waals surface area contributed by atoms with Crippen LogP contribution in [-0.2, 0) is 14.3 Å². The van der Waals surface area contributed by atoms with Crippen LogP contribution in [0.3, 0.4) is 0 Å². The molecule has 4 aliphatic rings. The summed E-state index contributed by atoms with van der Waals surface area (Å²) in [5.74, 6) is -1.24. The molecule has 1 atom stereocenters. The third-order valence-corrected chi connectivity index (χ3v) is 7.15. The Labute approximate surface area is 191 Å². The monoisotopic (exact) mass is 450 g/mol. The highest BCUT2D eigenvalue weighted by Gasteiger charge is 2.62. The molecule has 0 spiro atoms. The van der Waals surface area contributed by atoms with E-state index < -0.39 is 29.6 Å². The Balaban J connectivity index is 1.12. The highest BCUT2D eigenvalue weighted by molar-refractivity contribution is 5.89. The van der Waals surface area contributed by atoms with Crippen LogP contribution in [0.5, 0.6) is 0 Å². The number of hydrogen-bond donors (Lipinski definition) is 3. The number of aliphatic carboxylic acids is 1. The van der Waals surface area contributed by atoms with Crippen molar-refractivity contribution in [2.75, 3.05) is 19.7 Å². The molecule has 2 saturated heterocycles. The van der Waals surface area contributed by atoms with Crippen LogP contribution in [0.4, 0.5) is 4.79 Å². The Morgan fingerprint density at radius 3 is 2.27 bits per heavy atom. The minimum Gasteiger partial charge on any atom is -0.479 e. The standard InChI is InChI=1S/C25H26N2O6/c28-16(9-22(29)27-13-15-10-25(27,11-15)23(30)31)12-26-24(32)33-14-21-19-7-3-1-5-17(19)18-6-2-4-8-20(18)21/h1-8,15-16,21,28H,9-14H2,(H,26,32)(H,30,31). The van der Waals surface area contributed by atoms with Crippen LogP contribution in [0.1, 0.15) is 36.3 Å². The number of aliphatic hydroxyl groups is 1. The van der Waals surface area contributed by atoms with Gasteiger partial charge in [0, 0.05) is 19.0 Å². The van der Waals surface area contributed by atoms with Crippen LogP contribution in [0.2, 0.25) is 0 Å². The van der Waals surface area contributed by atoms with E-state index in [-0.39, 0.29) is 31.4 Å². The maximum Gasteiger partial charge on any atom is 0.407 e. The Morgan fingerprint density at radius 1 is 1.06 bits per heavy atom. The first-order valence-corrected chi connectivity index (χ1v) is 11.2. The van der Waals surface area contributed by atoms with Gasteiger partial charge in [0.1, 0.15) is 12.1 Å². The number of alkyl carbamates (subject to hydrolysis) is 1. The van der Waals surface area contributed by atoms with E-state index in [0.717, 1.165) is 22.3 Å². The lowest BCUT2D eigenvalue weighted by molar-refractivity contribution is -0.159. The van der Waals surface area contributed by atoms with Crippen LogP contribution < -0.4 is 5.32 Å². The normalized spacial score (nSPS) is 23.3. The number of carbonyl (C=O) groups excluding carboxylic acids is 2. The molecule has 2 aliphatic heterocycles. The van der Waals surface area contributed by atoms with Crippen molar-refractivity contribution in [2.24, 2.45) is 5.92 Å². The van der Waals surface area contributed by atoms with Gasteiger partial charge in [-0.25, -0.2) is 9.59 Å². The lowest BCUT2D eigenvalue weighted by Crippen LogP contribution is -2.55. The van der Waals surface area contributed by atoms with E-state index in [1.54, 1.807) is 0 Å². The summed E-state index contributed by atoms with van der Waals surface area (Å²) >= 11 is 0. The van der Waals surface area contributed by atoms with Gasteiger partial charge in [-0.1, -0.05) is 48.5 Å². The predicted molar refractivity (Wildman–Crippen MR) is 118 cm³/mol. The smallest absolute Gasteiger partial charge is 0.407 e. The number of carboxylic acids is 1. The van der Waals surface area contributed by atoms with E-state index in [2.05, 4.69) is 17.4 Å². The number of carbonyl (C=O) groups is 3. The number of carboxylic acid groups (broad SMARTS) is 1. The van der Waals surface area contributed by atoms with Crippen molar-refractivity contribution in [3.05, 3.63) is 59.7 Å². The Kier molecular flexibility index (Phi) is 5.32. The van der Waals surface area contributed by atoms with Crippen molar-refractivity contribution in [1.82, 2.24) is 10.2 Å². The summed E-state index contributed by atoms with van der Waals surface area (Å²) in [5, 5.41) is 22.2. The third kappa shape index (κ3) is 3.64. The molecule has 8 nitrogen and oxygen atoms in total. The molecule has 6 rings (SSSR count). The summed E-state index contributed by atoms with van der Waals surface area (Å²) in [6.45, 7) is 0.419. The molecule has 8 heteroatoms. The Hall–Kier alpha value is -3.39. The summed E-state index contributed by atoms with van der Waals surface area (Å²) in [6, 6.07) is 16.1. The fourth-order valence-corrected chi connectivity index (χ4v) is 5.54. The average Bonchev–Trinajstić information content (AvgIpc) is 3.45. The fraction of sp³-hybridized carbons (Fsp3) is 0.400. The SMILES string of the molecule is O=C(NCC(O)CC(=O)N1CC2CC1(C(=O)O)C2)OCC1c2ccccc2-c2ccccc21. The number of nitrogens with zero attached hydrogens (tertiary/aromatic N) is 1. The molecule has 3 N–H and O–H groups in total. The molecule has 3 fully saturated rings. The molecule has 2 heterocycles. The van der Waals surface area contributed by atoms with Crippen LogP contribution in [0, 0.1) is 5.92 Å². The third-order valence-electron chi connectivity index (χ3n) is 7.15. The fourth-order valence-electron chi connectivity index (χ4n) is 5.54. The highest BCUT2D eigenvalue weighted by atomic mass is 16.5. The lowest BCUT2D eigenvalue weighted by atomic mass is 9.73. The topological polar surface area (TPSA) is 116 Å². The van der Waals surface area contributed by atoms with Crippen LogP contribution in [0.25, 0.3) is 11.1 Å². The van der Waals surface area contributed by atoms with Gasteiger partial charge >= 0.3 is 12.1 Å². The van der Waals surface area contributed by atoms with E-state index in [4.69, 9.17) is 4.74 Å². The molecule has 1 saturated carbocycles. The molecular formula is C25H26N2O6. The molecule has 2 aliphatic carbocycles. The van der Waals surface area contributed by atoms with Crippen molar-refractivity contribution in [2.45, 2.75) is 36.8 Å². The van der Waals surface area contributed by atoms with E-state index in [1.165, 1.54) is 4.90 Å². The number of hydrogen-bond acceptors (Lipinski definition) is 5. The Bertz CT molecular complexity index is 1060. The van der Waals surface area contributed by atoms with Gasteiger partial charge in [-0.15, -0.1) is 0 Å². The van der Waals surface area contributed by atoms with Gasteiger partial charge in [-0.2, -0.15) is 0 Å². The van der Waals surface area contributed by atoms with Gasteiger partial charge in [0.15, 0.2) is 0 Å². The van der Waals surface area contributed by atoms with Gasteiger partial charge in [0.05, 0.1) is 12.5 Å². The van der Waals surface area contributed by atoms with Crippen molar-refractivity contribution in [3.63, 3.8) is 0 Å². The maximum absolute atomic E-state index is 12.5. The zero-order valence-electron chi connectivity index (χ0n) is 18.1. The summed E-state index contributed by atoms with van der Waals surface area (Å²) in [6.07, 6.45) is -1.09. The predicted octanol–water partition coefficient (Wildman–Crippen LogP) is 2.35. The maximum atomic E-state index is 12.5. The molecular weight excluding hydrogens is 424 g/mol. The molecule has 1 unspecified atom stereocenters. The van der Waals surface area contributed by atoms with Crippen molar-refractivity contribution < 1.29 is 29.3 Å². The zero-order valence-corrected chi connectivity index (χ0v) is 18.1. The van der Waals surface area contributed by atoms with E-state index in [9.17, 15) is 24.6 Å². The first-order chi connectivity index (χ1) is 15.9. The minimum absolute atomic E-state index is 0.0662. The largest absolute Gasteiger partial charge is 0.479 e. The van der Waals surface area contributed by atoms with Crippen LogP contribution >= 0.6 is 0 Å². The minimum atomic E-state index is -1.12. The van der Waals surface area contributed by atoms with Gasteiger partial charge in [0.2, 0.25) is 5.91 Å². The molecule has 2 aromatic carbocycles. The van der Waals surface area contributed by atoms with Crippen molar-refractivity contribution >= 4 is 18.0 Å². The number of benzene rings is 2. The lowest BCUT2D eigenvalue weighted by Gasteiger charge is -2.38. The van der Waals surface area contributed by atoms with Crippen molar-refractivity contribution in [3.8, 4) is 11.1 Å². The quantitative estimate of drug-likeness (QED) is 0.596. The summed E-state index contributed by atoms with van der Waals surface area (Å²) in [7, 11) is 0. The van der Waals surface area contributed by atoms with Crippen LogP contribution in [0.15, 0.2) is 48.5 Å². The molecule has 0 radical (unpaired) electrons. The highest BCUT2D eigenvalue weighted by Crippen LogP contribution is 2.51. The average molecular weight is 450 g/mol. The second-order valence-corrected chi connectivity index (χ2v) is 9.18. The van der Waals surface area contributed by atoms with Gasteiger partial charge in [0.25, 0.3) is 0 Å². The Morgan fingerprint density at radius 2 is 1.67 bits per heavy atom. The van der Waals surface area contributed by atoms with Gasteiger partial charge in [-0.3, -0.25) is 4.79 Å². The van der Waals surface area contributed by atoms with Crippen molar-refractivity contribution in [1.29, 1.82) is 0 Å². The molecule has 2 amide bonds. The van der Waals surface area contributed by atoms with Gasteiger partial charge in [-0.05, 0) is 41.0 Å². The number of rotatable bonds is 7. The summed E-state index contributed by atoms with van der Waals surface area (Å²) in [5.41, 5.74) is 3.37. The van der Waals surface area contributed by atoms with Crippen LogP contribution in [-0.4, -0.2) is 64.4 Å². The number of ether oxygens (including phenoxy) is 1. The second kappa shape index (κ2) is 8.19. The zero-order chi connectivity index (χ0) is 23.2. The van der Waals surface area contributed by atoms with E-state index in [0.29, 0.717) is 19.4 Å². The number of nitrogens with one attached hydrogen (secondary N) is 1. The summed E-state index contributed by atoms with van der Waals surface area (Å²) < 4.78 is 5.43. The number of amides is 2. The molecule has 0 aromatic heterocycles. The molecule has 2 bridgehead atoms. The molecule has 2 aromatic rings. The van der Waals surface area contributed by atoms with E-state index in [1.807, 2.05) is 36.4 Å². The second-order valence-electron chi connectivity index (χ2n) is 9.18. The van der Waals surface area contributed by atoms with Gasteiger partial charge < -0.3 is 25.2 Å².